The molecule has 0 radical (unpaired) electrons. The quantitative estimate of drug-likeness (QED) is 0.718. The van der Waals surface area contributed by atoms with Gasteiger partial charge < -0.3 is 9.67 Å². The lowest BCUT2D eigenvalue weighted by Crippen LogP contribution is -2.41. The molecule has 6 heteroatoms. The van der Waals surface area contributed by atoms with Gasteiger partial charge in [0.15, 0.2) is 0 Å². The molecule has 0 saturated heterocycles. The molecule has 0 unspecified atom stereocenters. The number of rotatable bonds is 2. The van der Waals surface area contributed by atoms with E-state index < -0.39 is 17.2 Å². The molecular weight excluding hydrogens is 200 g/mol. The molecule has 0 bridgehead atoms. The lowest BCUT2D eigenvalue weighted by molar-refractivity contribution is 0.0693. The van der Waals surface area contributed by atoms with E-state index in [1.54, 1.807) is 0 Å². The highest BCUT2D eigenvalue weighted by Gasteiger charge is 2.29. The first-order valence-corrected chi connectivity index (χ1v) is 4.58. The molecule has 80 valence electrons. The normalized spacial score (nSPS) is 15.3. The minimum absolute atomic E-state index is 0.115. The topological polar surface area (TPSA) is 81.3 Å². The number of carboxylic acid groups (broad SMARTS) is 1. The minimum Gasteiger partial charge on any atom is -0.477 e. The van der Waals surface area contributed by atoms with Crippen LogP contribution in [0.5, 0.6) is 0 Å². The monoisotopic (exact) mass is 210 g/mol. The van der Waals surface area contributed by atoms with Crippen LogP contribution < -0.4 is 11.2 Å². The minimum atomic E-state index is -1.30. The zero-order valence-electron chi connectivity index (χ0n) is 8.14. The molecule has 0 amide bonds. The largest absolute Gasteiger partial charge is 0.477 e. The van der Waals surface area contributed by atoms with Gasteiger partial charge in [0.25, 0.3) is 5.56 Å². The van der Waals surface area contributed by atoms with Crippen LogP contribution in [-0.4, -0.2) is 20.2 Å². The van der Waals surface area contributed by atoms with Gasteiger partial charge in [0.1, 0.15) is 5.56 Å². The van der Waals surface area contributed by atoms with Crippen LogP contribution in [0.1, 0.15) is 29.2 Å². The molecule has 1 aliphatic carbocycles. The number of hydrogen-bond donors (Lipinski definition) is 1. The van der Waals surface area contributed by atoms with Crippen LogP contribution in [0, 0.1) is 0 Å². The SMILES string of the molecule is Cn1cc(C(=O)O)c(=O)n(C2CC2)c1=O. The molecule has 1 aromatic rings. The molecule has 2 rings (SSSR count). The van der Waals surface area contributed by atoms with Crippen LogP contribution in [0.3, 0.4) is 0 Å². The lowest BCUT2D eigenvalue weighted by Gasteiger charge is -2.06. The summed E-state index contributed by atoms with van der Waals surface area (Å²) in [6.45, 7) is 0. The highest BCUT2D eigenvalue weighted by molar-refractivity contribution is 5.86. The van der Waals surface area contributed by atoms with Crippen molar-refractivity contribution in [2.45, 2.75) is 18.9 Å². The van der Waals surface area contributed by atoms with E-state index in [0.29, 0.717) is 0 Å². The number of aromatic carboxylic acids is 1. The fraction of sp³-hybridized carbons (Fsp3) is 0.444. The Bertz CT molecular complexity index is 536. The van der Waals surface area contributed by atoms with E-state index in [1.807, 2.05) is 0 Å². The van der Waals surface area contributed by atoms with Gasteiger partial charge >= 0.3 is 11.7 Å². The van der Waals surface area contributed by atoms with Gasteiger partial charge in [-0.15, -0.1) is 0 Å². The fourth-order valence-electron chi connectivity index (χ4n) is 1.49. The van der Waals surface area contributed by atoms with Crippen LogP contribution in [0.2, 0.25) is 0 Å². The molecule has 1 saturated carbocycles. The van der Waals surface area contributed by atoms with E-state index in [0.717, 1.165) is 28.2 Å². The third kappa shape index (κ3) is 1.47. The third-order valence-corrected chi connectivity index (χ3v) is 2.42. The number of aromatic nitrogens is 2. The van der Waals surface area contributed by atoms with Gasteiger partial charge in [-0.3, -0.25) is 9.36 Å². The molecule has 1 N–H and O–H groups in total. The van der Waals surface area contributed by atoms with E-state index in [9.17, 15) is 14.4 Å². The lowest BCUT2D eigenvalue weighted by atomic mass is 10.3. The average molecular weight is 210 g/mol. The van der Waals surface area contributed by atoms with E-state index in [4.69, 9.17) is 5.11 Å². The molecule has 6 nitrogen and oxygen atoms in total. The Balaban J connectivity index is 2.77. The maximum Gasteiger partial charge on any atom is 0.342 e. The number of carbonyl (C=O) groups is 1. The van der Waals surface area contributed by atoms with Crippen molar-refractivity contribution >= 4 is 5.97 Å². The smallest absolute Gasteiger partial charge is 0.342 e. The molecule has 15 heavy (non-hydrogen) atoms. The van der Waals surface area contributed by atoms with Gasteiger partial charge in [0.2, 0.25) is 0 Å². The highest BCUT2D eigenvalue weighted by atomic mass is 16.4. The van der Waals surface area contributed by atoms with Gasteiger partial charge in [-0.1, -0.05) is 0 Å². The number of carboxylic acids is 1. The summed E-state index contributed by atoms with van der Waals surface area (Å²) in [5.74, 6) is -1.30. The van der Waals surface area contributed by atoms with Crippen molar-refractivity contribution in [1.82, 2.24) is 9.13 Å². The Morgan fingerprint density at radius 1 is 1.47 bits per heavy atom. The van der Waals surface area contributed by atoms with E-state index in [2.05, 4.69) is 0 Å². The Labute approximate surface area is 84.4 Å². The number of hydrogen-bond acceptors (Lipinski definition) is 3. The maximum absolute atomic E-state index is 11.6. The van der Waals surface area contributed by atoms with E-state index in [-0.39, 0.29) is 11.6 Å². The summed E-state index contributed by atoms with van der Waals surface area (Å²) >= 11 is 0. The first-order valence-electron chi connectivity index (χ1n) is 4.58. The second-order valence-electron chi connectivity index (χ2n) is 3.65. The van der Waals surface area contributed by atoms with Crippen LogP contribution in [0.25, 0.3) is 0 Å². The first-order chi connectivity index (χ1) is 7.02. The summed E-state index contributed by atoms with van der Waals surface area (Å²) in [5, 5.41) is 8.78. The van der Waals surface area contributed by atoms with Crippen LogP contribution in [0.15, 0.2) is 15.8 Å². The van der Waals surface area contributed by atoms with Crippen molar-refractivity contribution < 1.29 is 9.90 Å². The zero-order valence-corrected chi connectivity index (χ0v) is 8.14. The van der Waals surface area contributed by atoms with Gasteiger partial charge in [0.05, 0.1) is 0 Å². The van der Waals surface area contributed by atoms with Crippen molar-refractivity contribution in [3.05, 3.63) is 32.6 Å². The fourth-order valence-corrected chi connectivity index (χ4v) is 1.49. The van der Waals surface area contributed by atoms with Gasteiger partial charge in [-0.2, -0.15) is 0 Å². The Morgan fingerprint density at radius 3 is 2.53 bits per heavy atom. The summed E-state index contributed by atoms with van der Waals surface area (Å²) in [6.07, 6.45) is 2.59. The van der Waals surface area contributed by atoms with E-state index in [1.165, 1.54) is 7.05 Å². The molecule has 1 aromatic heterocycles. The second-order valence-corrected chi connectivity index (χ2v) is 3.65. The maximum atomic E-state index is 11.6. The van der Waals surface area contributed by atoms with Crippen LogP contribution in [-0.2, 0) is 7.05 Å². The van der Waals surface area contributed by atoms with Gasteiger partial charge in [0, 0.05) is 19.3 Å². The Kier molecular flexibility index (Phi) is 1.99. The van der Waals surface area contributed by atoms with Crippen LogP contribution >= 0.6 is 0 Å². The molecular formula is C9H10N2O4. The number of nitrogens with zero attached hydrogens (tertiary/aromatic N) is 2. The Hall–Kier alpha value is -1.85. The summed E-state index contributed by atoms with van der Waals surface area (Å²) in [4.78, 5) is 34.0. The Morgan fingerprint density at radius 2 is 2.07 bits per heavy atom. The molecule has 1 heterocycles. The van der Waals surface area contributed by atoms with Crippen molar-refractivity contribution in [1.29, 1.82) is 0 Å². The van der Waals surface area contributed by atoms with Gasteiger partial charge in [-0.05, 0) is 12.8 Å². The summed E-state index contributed by atoms with van der Waals surface area (Å²) in [7, 11) is 1.44. The van der Waals surface area contributed by atoms with Crippen molar-refractivity contribution in [3.63, 3.8) is 0 Å². The molecule has 0 aromatic carbocycles. The van der Waals surface area contributed by atoms with Crippen molar-refractivity contribution in [2.75, 3.05) is 0 Å². The standard InChI is InChI=1S/C9H10N2O4/c1-10-4-6(8(13)14)7(12)11(9(10)15)5-2-3-5/h4-5H,2-3H2,1H3,(H,13,14). The predicted molar refractivity (Wildman–Crippen MR) is 51.2 cm³/mol. The average Bonchev–Trinajstić information content (AvgIpc) is 2.95. The number of aryl methyl sites for hydroxylation is 1. The third-order valence-electron chi connectivity index (χ3n) is 2.42. The van der Waals surface area contributed by atoms with Crippen LogP contribution in [0.4, 0.5) is 0 Å². The summed E-state index contributed by atoms with van der Waals surface area (Å²) in [5.41, 5.74) is -1.51. The van der Waals surface area contributed by atoms with Crippen molar-refractivity contribution in [2.24, 2.45) is 7.05 Å². The molecule has 0 spiro atoms. The first kappa shape index (κ1) is 9.70. The molecule has 1 fully saturated rings. The molecule has 0 atom stereocenters. The molecule has 0 aliphatic heterocycles. The van der Waals surface area contributed by atoms with Gasteiger partial charge in [-0.25, -0.2) is 9.59 Å². The van der Waals surface area contributed by atoms with E-state index >= 15 is 0 Å². The zero-order chi connectivity index (χ0) is 11.2. The highest BCUT2D eigenvalue weighted by Crippen LogP contribution is 2.32. The summed E-state index contributed by atoms with van der Waals surface area (Å²) < 4.78 is 2.16. The second kappa shape index (κ2) is 3.08. The predicted octanol–water partition coefficient (Wildman–Crippen LogP) is -0.420. The summed E-state index contributed by atoms with van der Waals surface area (Å²) in [6, 6.07) is -0.115. The van der Waals surface area contributed by atoms with Crippen molar-refractivity contribution in [3.8, 4) is 0 Å². The molecule has 1 aliphatic rings.